The van der Waals surface area contributed by atoms with Crippen LogP contribution in [0.15, 0.2) is 46.9 Å². The number of carbonyl (C=O) groups is 2. The largest absolute Gasteiger partial charge is 0.440 e. The highest BCUT2D eigenvalue weighted by Crippen LogP contribution is 2.25. The standard InChI is InChI=1S/C23H24ClN3O3/c1-14(2)22-26-19-12-18(9-10-20(19)30-22)25-21(28)16-4-3-11-27(13-16)23(29)15-5-7-17(24)8-6-15/h5-10,12,14,16H,3-4,11,13H2,1-2H3,(H,25,28). The molecule has 1 aliphatic rings. The zero-order valence-electron chi connectivity index (χ0n) is 17.0. The Kier molecular flexibility index (Phi) is 5.77. The molecule has 0 spiro atoms. The van der Waals surface area contributed by atoms with Gasteiger partial charge in [0.25, 0.3) is 5.91 Å². The van der Waals surface area contributed by atoms with E-state index in [1.165, 1.54) is 0 Å². The van der Waals surface area contributed by atoms with Gasteiger partial charge >= 0.3 is 0 Å². The smallest absolute Gasteiger partial charge is 0.253 e. The zero-order chi connectivity index (χ0) is 21.3. The van der Waals surface area contributed by atoms with Crippen LogP contribution >= 0.6 is 11.6 Å². The fraction of sp³-hybridized carbons (Fsp3) is 0.348. The number of aromatic nitrogens is 1. The summed E-state index contributed by atoms with van der Waals surface area (Å²) in [7, 11) is 0. The van der Waals surface area contributed by atoms with Gasteiger partial charge in [0.15, 0.2) is 11.5 Å². The van der Waals surface area contributed by atoms with Crippen molar-refractivity contribution >= 4 is 40.2 Å². The fourth-order valence-corrected chi connectivity index (χ4v) is 3.79. The Hall–Kier alpha value is -2.86. The number of carbonyl (C=O) groups excluding carboxylic acids is 2. The first-order valence-electron chi connectivity index (χ1n) is 10.2. The van der Waals surface area contributed by atoms with E-state index < -0.39 is 0 Å². The first-order chi connectivity index (χ1) is 14.4. The monoisotopic (exact) mass is 425 g/mol. The molecule has 1 atom stereocenters. The van der Waals surface area contributed by atoms with Crippen LogP contribution in [0, 0.1) is 5.92 Å². The molecule has 1 aliphatic heterocycles. The van der Waals surface area contributed by atoms with Crippen molar-refractivity contribution in [3.8, 4) is 0 Å². The molecule has 1 aromatic heterocycles. The lowest BCUT2D eigenvalue weighted by molar-refractivity contribution is -0.121. The number of halogens is 1. The molecule has 0 saturated carbocycles. The number of nitrogens with zero attached hydrogens (tertiary/aromatic N) is 2. The molecule has 6 nitrogen and oxygen atoms in total. The van der Waals surface area contributed by atoms with E-state index in [0.29, 0.717) is 40.8 Å². The number of hydrogen-bond acceptors (Lipinski definition) is 4. The number of fused-ring (bicyclic) bond motifs is 1. The summed E-state index contributed by atoms with van der Waals surface area (Å²) in [6.07, 6.45) is 1.54. The Balaban J connectivity index is 1.43. The van der Waals surface area contributed by atoms with E-state index in [2.05, 4.69) is 10.3 Å². The Morgan fingerprint density at radius 1 is 1.20 bits per heavy atom. The van der Waals surface area contributed by atoms with E-state index >= 15 is 0 Å². The molecule has 1 N–H and O–H groups in total. The molecule has 7 heteroatoms. The lowest BCUT2D eigenvalue weighted by atomic mass is 9.96. The van der Waals surface area contributed by atoms with Crippen molar-refractivity contribution in [2.75, 3.05) is 18.4 Å². The van der Waals surface area contributed by atoms with E-state index in [-0.39, 0.29) is 23.7 Å². The molecular weight excluding hydrogens is 402 g/mol. The molecule has 1 saturated heterocycles. The van der Waals surface area contributed by atoms with Gasteiger partial charge in [-0.3, -0.25) is 9.59 Å². The molecule has 1 unspecified atom stereocenters. The zero-order valence-corrected chi connectivity index (χ0v) is 17.8. The molecule has 0 bridgehead atoms. The molecule has 2 aromatic carbocycles. The van der Waals surface area contributed by atoms with Crippen molar-refractivity contribution in [3.63, 3.8) is 0 Å². The predicted molar refractivity (Wildman–Crippen MR) is 117 cm³/mol. The first kappa shape index (κ1) is 20.4. The Labute approximate surface area is 180 Å². The number of nitrogens with one attached hydrogen (secondary N) is 1. The van der Waals surface area contributed by atoms with Crippen LogP contribution < -0.4 is 5.32 Å². The lowest BCUT2D eigenvalue weighted by Gasteiger charge is -2.32. The summed E-state index contributed by atoms with van der Waals surface area (Å²) in [5.41, 5.74) is 2.68. The number of oxazole rings is 1. The Bertz CT molecular complexity index is 1070. The van der Waals surface area contributed by atoms with Gasteiger partial charge in [0.05, 0.1) is 5.92 Å². The number of rotatable bonds is 4. The highest BCUT2D eigenvalue weighted by Gasteiger charge is 2.29. The molecule has 2 amide bonds. The molecule has 2 heterocycles. The molecule has 3 aromatic rings. The maximum absolute atomic E-state index is 12.9. The molecular formula is C23H24ClN3O3. The van der Waals surface area contributed by atoms with E-state index in [4.69, 9.17) is 16.0 Å². The van der Waals surface area contributed by atoms with E-state index in [1.807, 2.05) is 32.0 Å². The summed E-state index contributed by atoms with van der Waals surface area (Å²) in [4.78, 5) is 31.9. The van der Waals surface area contributed by atoms with Gasteiger partial charge in [0.1, 0.15) is 5.52 Å². The third kappa shape index (κ3) is 4.33. The molecule has 0 radical (unpaired) electrons. The average molecular weight is 426 g/mol. The summed E-state index contributed by atoms with van der Waals surface area (Å²) in [5.74, 6) is 0.457. The van der Waals surface area contributed by atoms with Gasteiger partial charge < -0.3 is 14.6 Å². The number of amides is 2. The highest BCUT2D eigenvalue weighted by atomic mass is 35.5. The third-order valence-corrected chi connectivity index (χ3v) is 5.59. The molecule has 156 valence electrons. The minimum absolute atomic E-state index is 0.0746. The van der Waals surface area contributed by atoms with Gasteiger partial charge in [-0.2, -0.15) is 0 Å². The average Bonchev–Trinajstić information content (AvgIpc) is 3.18. The fourth-order valence-electron chi connectivity index (χ4n) is 3.66. The molecule has 4 rings (SSSR count). The number of anilines is 1. The van der Waals surface area contributed by atoms with Gasteiger partial charge in [-0.25, -0.2) is 4.98 Å². The van der Waals surface area contributed by atoms with E-state index in [1.54, 1.807) is 29.2 Å². The van der Waals surface area contributed by atoms with Crippen LogP contribution in [0.25, 0.3) is 11.1 Å². The van der Waals surface area contributed by atoms with Crippen molar-refractivity contribution in [3.05, 3.63) is 58.9 Å². The molecule has 0 aliphatic carbocycles. The van der Waals surface area contributed by atoms with Gasteiger partial charge in [-0.15, -0.1) is 0 Å². The van der Waals surface area contributed by atoms with Crippen molar-refractivity contribution < 1.29 is 14.0 Å². The second-order valence-corrected chi connectivity index (χ2v) is 8.41. The van der Waals surface area contributed by atoms with Crippen LogP contribution in [0.3, 0.4) is 0 Å². The maximum atomic E-state index is 12.9. The summed E-state index contributed by atoms with van der Waals surface area (Å²) < 4.78 is 5.72. The van der Waals surface area contributed by atoms with Gasteiger partial charge in [0, 0.05) is 35.3 Å². The van der Waals surface area contributed by atoms with E-state index in [9.17, 15) is 9.59 Å². The number of likely N-dealkylation sites (tertiary alicyclic amines) is 1. The van der Waals surface area contributed by atoms with Crippen molar-refractivity contribution in [2.24, 2.45) is 5.92 Å². The minimum atomic E-state index is -0.255. The quantitative estimate of drug-likeness (QED) is 0.631. The highest BCUT2D eigenvalue weighted by molar-refractivity contribution is 6.30. The third-order valence-electron chi connectivity index (χ3n) is 5.34. The summed E-state index contributed by atoms with van der Waals surface area (Å²) in [6, 6.07) is 12.3. The minimum Gasteiger partial charge on any atom is -0.440 e. The Morgan fingerprint density at radius 2 is 1.97 bits per heavy atom. The number of piperidine rings is 1. The summed E-state index contributed by atoms with van der Waals surface area (Å²) in [5, 5.41) is 3.56. The van der Waals surface area contributed by atoms with Crippen LogP contribution in [-0.4, -0.2) is 34.8 Å². The second kappa shape index (κ2) is 8.48. The van der Waals surface area contributed by atoms with Gasteiger partial charge in [-0.05, 0) is 55.3 Å². The number of hydrogen-bond donors (Lipinski definition) is 1. The maximum Gasteiger partial charge on any atom is 0.253 e. The van der Waals surface area contributed by atoms with Crippen LogP contribution in [0.5, 0.6) is 0 Å². The first-order valence-corrected chi connectivity index (χ1v) is 10.5. The van der Waals surface area contributed by atoms with Crippen molar-refractivity contribution in [2.45, 2.75) is 32.6 Å². The van der Waals surface area contributed by atoms with Crippen LogP contribution in [-0.2, 0) is 4.79 Å². The van der Waals surface area contributed by atoms with Gasteiger partial charge in [-0.1, -0.05) is 25.4 Å². The van der Waals surface area contributed by atoms with Crippen LogP contribution in [0.2, 0.25) is 5.02 Å². The van der Waals surface area contributed by atoms with Crippen molar-refractivity contribution in [1.82, 2.24) is 9.88 Å². The second-order valence-electron chi connectivity index (χ2n) is 7.98. The lowest BCUT2D eigenvalue weighted by Crippen LogP contribution is -2.43. The van der Waals surface area contributed by atoms with Gasteiger partial charge in [0.2, 0.25) is 5.91 Å². The van der Waals surface area contributed by atoms with Crippen molar-refractivity contribution in [1.29, 1.82) is 0 Å². The Morgan fingerprint density at radius 3 is 2.70 bits per heavy atom. The predicted octanol–water partition coefficient (Wildman–Crippen LogP) is 5.10. The van der Waals surface area contributed by atoms with E-state index in [0.717, 1.165) is 18.4 Å². The summed E-state index contributed by atoms with van der Waals surface area (Å²) >= 11 is 5.91. The molecule has 1 fully saturated rings. The van der Waals surface area contributed by atoms with Crippen LogP contribution in [0.1, 0.15) is 48.9 Å². The SMILES string of the molecule is CC(C)c1nc2cc(NC(=O)C3CCCN(C(=O)c4ccc(Cl)cc4)C3)ccc2o1. The van der Waals surface area contributed by atoms with Crippen LogP contribution in [0.4, 0.5) is 5.69 Å². The topological polar surface area (TPSA) is 75.4 Å². The molecule has 30 heavy (non-hydrogen) atoms. The normalized spacial score (nSPS) is 16.8. The number of benzene rings is 2. The summed E-state index contributed by atoms with van der Waals surface area (Å²) in [6.45, 7) is 5.09.